The van der Waals surface area contributed by atoms with Crippen LogP contribution in [0.4, 0.5) is 5.69 Å². The number of rotatable bonds is 4. The van der Waals surface area contributed by atoms with E-state index in [1.165, 1.54) is 0 Å². The van der Waals surface area contributed by atoms with E-state index in [1.807, 2.05) is 24.3 Å². The van der Waals surface area contributed by atoms with E-state index in [0.29, 0.717) is 10.9 Å². The van der Waals surface area contributed by atoms with Crippen molar-refractivity contribution in [2.24, 2.45) is 11.8 Å². The first kappa shape index (κ1) is 18.5. The van der Waals surface area contributed by atoms with Crippen LogP contribution < -0.4 is 10.6 Å². The molecule has 0 saturated carbocycles. The molecule has 0 atom stereocenters. The molecule has 3 rings (SSSR count). The van der Waals surface area contributed by atoms with Crippen molar-refractivity contribution in [3.63, 3.8) is 0 Å². The number of hydrogen-bond donors (Lipinski definition) is 2. The first-order chi connectivity index (χ1) is 12.0. The maximum Gasteiger partial charge on any atom is 0.248 e. The lowest BCUT2D eigenvalue weighted by Crippen LogP contribution is -2.59. The Morgan fingerprint density at radius 2 is 1.80 bits per heavy atom. The minimum atomic E-state index is -0.496. The van der Waals surface area contributed by atoms with Crippen LogP contribution in [0.15, 0.2) is 24.3 Å². The van der Waals surface area contributed by atoms with Crippen molar-refractivity contribution < 1.29 is 4.79 Å². The van der Waals surface area contributed by atoms with Crippen LogP contribution in [0.5, 0.6) is 0 Å². The number of carbonyl (C=O) groups excluding carboxylic acids is 1. The molecule has 0 spiro atoms. The Hall–Kier alpha value is -1.26. The molecule has 2 N–H and O–H groups in total. The van der Waals surface area contributed by atoms with Crippen molar-refractivity contribution in [1.82, 2.24) is 10.2 Å². The quantitative estimate of drug-likeness (QED) is 0.855. The van der Waals surface area contributed by atoms with Gasteiger partial charge in [0.05, 0.1) is 0 Å². The van der Waals surface area contributed by atoms with Crippen molar-refractivity contribution in [3.8, 4) is 0 Å². The van der Waals surface area contributed by atoms with E-state index >= 15 is 0 Å². The van der Waals surface area contributed by atoms with Crippen LogP contribution in [-0.2, 0) is 4.79 Å². The van der Waals surface area contributed by atoms with E-state index in [2.05, 4.69) is 29.4 Å². The molecule has 138 valence electrons. The molecule has 2 fully saturated rings. The van der Waals surface area contributed by atoms with Gasteiger partial charge in [0.25, 0.3) is 0 Å². The molecule has 0 unspecified atom stereocenters. The molecular weight excluding hydrogens is 334 g/mol. The van der Waals surface area contributed by atoms with Crippen molar-refractivity contribution in [1.29, 1.82) is 0 Å². The highest BCUT2D eigenvalue weighted by Crippen LogP contribution is 2.31. The third-order valence-electron chi connectivity index (χ3n) is 5.86. The number of piperidine rings is 2. The van der Waals surface area contributed by atoms with Crippen LogP contribution >= 0.6 is 11.6 Å². The summed E-state index contributed by atoms with van der Waals surface area (Å²) >= 11 is 6.00. The maximum atomic E-state index is 13.4. The summed E-state index contributed by atoms with van der Waals surface area (Å²) in [5.74, 6) is 1.72. The highest BCUT2D eigenvalue weighted by atomic mass is 35.5. The number of benzene rings is 1. The minimum absolute atomic E-state index is 0.270. The third kappa shape index (κ3) is 4.29. The van der Waals surface area contributed by atoms with E-state index in [9.17, 15) is 4.79 Å². The van der Waals surface area contributed by atoms with Gasteiger partial charge >= 0.3 is 0 Å². The molecule has 0 radical (unpaired) electrons. The van der Waals surface area contributed by atoms with Crippen LogP contribution in [0.3, 0.4) is 0 Å². The van der Waals surface area contributed by atoms with Gasteiger partial charge in [0.15, 0.2) is 0 Å². The van der Waals surface area contributed by atoms with Gasteiger partial charge in [-0.1, -0.05) is 25.4 Å². The van der Waals surface area contributed by atoms with Crippen molar-refractivity contribution in [2.75, 3.05) is 31.5 Å². The number of carbonyl (C=O) groups is 1. The Kier molecular flexibility index (Phi) is 5.90. The van der Waals surface area contributed by atoms with Gasteiger partial charge in [0, 0.05) is 23.8 Å². The van der Waals surface area contributed by atoms with E-state index in [4.69, 9.17) is 11.6 Å². The zero-order chi connectivity index (χ0) is 17.9. The lowest BCUT2D eigenvalue weighted by Gasteiger charge is -2.43. The fraction of sp³-hybridized carbons (Fsp3) is 0.650. The Balaban J connectivity index is 1.73. The molecule has 2 aliphatic heterocycles. The normalized spacial score (nSPS) is 21.4. The van der Waals surface area contributed by atoms with Gasteiger partial charge in [0.1, 0.15) is 5.54 Å². The molecule has 4 nitrogen and oxygen atoms in total. The summed E-state index contributed by atoms with van der Waals surface area (Å²) in [7, 11) is 0. The topological polar surface area (TPSA) is 44.4 Å². The van der Waals surface area contributed by atoms with Gasteiger partial charge in [0.2, 0.25) is 5.91 Å². The lowest BCUT2D eigenvalue weighted by molar-refractivity contribution is -0.138. The van der Waals surface area contributed by atoms with E-state index < -0.39 is 5.54 Å². The summed E-state index contributed by atoms with van der Waals surface area (Å²) in [6.07, 6.45) is 3.88. The summed E-state index contributed by atoms with van der Waals surface area (Å²) in [5.41, 5.74) is 0.473. The molecule has 0 bridgehead atoms. The predicted octanol–water partition coefficient (Wildman–Crippen LogP) is 3.77. The summed E-state index contributed by atoms with van der Waals surface area (Å²) in [6, 6.07) is 7.67. The predicted molar refractivity (Wildman–Crippen MR) is 104 cm³/mol. The monoisotopic (exact) mass is 363 g/mol. The molecule has 2 heterocycles. The number of nitrogens with zero attached hydrogens (tertiary/aromatic N) is 1. The molecule has 5 heteroatoms. The highest BCUT2D eigenvalue weighted by Gasteiger charge is 2.43. The molecule has 0 aliphatic carbocycles. The molecule has 1 aromatic rings. The number of amides is 1. The Labute approximate surface area is 156 Å². The summed E-state index contributed by atoms with van der Waals surface area (Å²) in [4.78, 5) is 15.5. The van der Waals surface area contributed by atoms with Crippen LogP contribution in [0.1, 0.15) is 39.5 Å². The van der Waals surface area contributed by atoms with Gasteiger partial charge in [-0.05, 0) is 74.9 Å². The van der Waals surface area contributed by atoms with Crippen LogP contribution in [-0.4, -0.2) is 42.5 Å². The van der Waals surface area contributed by atoms with Gasteiger partial charge in [-0.2, -0.15) is 0 Å². The van der Waals surface area contributed by atoms with Crippen LogP contribution in [0.25, 0.3) is 0 Å². The summed E-state index contributed by atoms with van der Waals surface area (Å²) in [5, 5.41) is 7.66. The Bertz CT molecular complexity index is 573. The fourth-order valence-corrected chi connectivity index (χ4v) is 4.25. The maximum absolute atomic E-state index is 13.4. The number of hydrogen-bond acceptors (Lipinski definition) is 3. The standard InChI is InChI=1S/C20H30ClN3O/c1-15(2)16-7-13-24(14-8-16)19(25)20(9-11-22-12-10-20)23-18-5-3-17(21)4-6-18/h3-6,15-16,22-23H,7-14H2,1-2H3. The summed E-state index contributed by atoms with van der Waals surface area (Å²) in [6.45, 7) is 8.10. The average molecular weight is 364 g/mol. The Morgan fingerprint density at radius 3 is 2.36 bits per heavy atom. The molecule has 1 aromatic carbocycles. The molecular formula is C20H30ClN3O. The van der Waals surface area contributed by atoms with E-state index in [-0.39, 0.29) is 5.91 Å². The Morgan fingerprint density at radius 1 is 1.20 bits per heavy atom. The summed E-state index contributed by atoms with van der Waals surface area (Å²) < 4.78 is 0. The van der Waals surface area contributed by atoms with E-state index in [0.717, 1.165) is 63.5 Å². The van der Waals surface area contributed by atoms with Crippen molar-refractivity contribution in [2.45, 2.75) is 45.1 Å². The molecule has 2 saturated heterocycles. The van der Waals surface area contributed by atoms with E-state index in [1.54, 1.807) is 0 Å². The van der Waals surface area contributed by atoms with Gasteiger partial charge in [-0.25, -0.2) is 0 Å². The zero-order valence-electron chi connectivity index (χ0n) is 15.4. The molecule has 1 amide bonds. The average Bonchev–Trinajstić information content (AvgIpc) is 2.64. The minimum Gasteiger partial charge on any atom is -0.371 e. The third-order valence-corrected chi connectivity index (χ3v) is 6.12. The lowest BCUT2D eigenvalue weighted by atomic mass is 9.83. The number of anilines is 1. The van der Waals surface area contributed by atoms with Gasteiger partial charge in [-0.15, -0.1) is 0 Å². The van der Waals surface area contributed by atoms with Gasteiger partial charge in [-0.3, -0.25) is 4.79 Å². The number of nitrogens with one attached hydrogen (secondary N) is 2. The smallest absolute Gasteiger partial charge is 0.248 e. The SMILES string of the molecule is CC(C)C1CCN(C(=O)C2(Nc3ccc(Cl)cc3)CCNCC2)CC1. The van der Waals surface area contributed by atoms with Crippen molar-refractivity contribution >= 4 is 23.2 Å². The molecule has 25 heavy (non-hydrogen) atoms. The molecule has 2 aliphatic rings. The van der Waals surface area contributed by atoms with Crippen molar-refractivity contribution in [3.05, 3.63) is 29.3 Å². The first-order valence-corrected chi connectivity index (χ1v) is 9.92. The fourth-order valence-electron chi connectivity index (χ4n) is 4.13. The first-order valence-electron chi connectivity index (χ1n) is 9.54. The second kappa shape index (κ2) is 7.96. The number of halogens is 1. The zero-order valence-corrected chi connectivity index (χ0v) is 16.1. The highest BCUT2D eigenvalue weighted by molar-refractivity contribution is 6.30. The largest absolute Gasteiger partial charge is 0.371 e. The van der Waals surface area contributed by atoms with Crippen LogP contribution in [0.2, 0.25) is 5.02 Å². The second-order valence-electron chi connectivity index (χ2n) is 7.84. The second-order valence-corrected chi connectivity index (χ2v) is 8.27. The van der Waals surface area contributed by atoms with Crippen LogP contribution in [0, 0.1) is 11.8 Å². The number of likely N-dealkylation sites (tertiary alicyclic amines) is 1. The molecule has 0 aromatic heterocycles. The van der Waals surface area contributed by atoms with Gasteiger partial charge < -0.3 is 15.5 Å².